The van der Waals surface area contributed by atoms with Crippen molar-refractivity contribution in [1.82, 2.24) is 14.9 Å². The van der Waals surface area contributed by atoms with E-state index in [4.69, 9.17) is 5.26 Å². The Morgan fingerprint density at radius 1 is 1.35 bits per heavy atom. The molecule has 0 radical (unpaired) electrons. The number of nitrogens with zero attached hydrogens (tertiary/aromatic N) is 4. The Kier molecular flexibility index (Phi) is 4.41. The second-order valence-corrected chi connectivity index (χ2v) is 5.15. The molecule has 0 aliphatic heterocycles. The van der Waals surface area contributed by atoms with Gasteiger partial charge >= 0.3 is 0 Å². The maximum Gasteiger partial charge on any atom is 0.158 e. The van der Waals surface area contributed by atoms with Crippen molar-refractivity contribution in [2.24, 2.45) is 5.41 Å². The number of aromatic nitrogens is 2. The van der Waals surface area contributed by atoms with Crippen molar-refractivity contribution in [3.63, 3.8) is 0 Å². The molecule has 1 heterocycles. The van der Waals surface area contributed by atoms with Gasteiger partial charge in [0.05, 0.1) is 12.4 Å². The lowest BCUT2D eigenvalue weighted by Crippen LogP contribution is -2.34. The summed E-state index contributed by atoms with van der Waals surface area (Å²) in [5.74, 6) is 0.704. The van der Waals surface area contributed by atoms with E-state index in [9.17, 15) is 0 Å². The monoisotopic (exact) mass is 233 g/mol. The minimum absolute atomic E-state index is 0.152. The SMILES string of the molecule is CN(C)CC(C)(C)CNc1cnc(C#N)cn1. The molecule has 0 fully saturated rings. The molecule has 0 aliphatic carbocycles. The average molecular weight is 233 g/mol. The van der Waals surface area contributed by atoms with Crippen LogP contribution in [-0.4, -0.2) is 42.1 Å². The topological polar surface area (TPSA) is 64.8 Å². The number of hydrogen-bond donors (Lipinski definition) is 1. The molecule has 5 nitrogen and oxygen atoms in total. The van der Waals surface area contributed by atoms with Gasteiger partial charge in [-0.05, 0) is 19.5 Å². The normalized spacial score (nSPS) is 11.3. The summed E-state index contributed by atoms with van der Waals surface area (Å²) in [5.41, 5.74) is 0.488. The van der Waals surface area contributed by atoms with E-state index >= 15 is 0 Å². The summed E-state index contributed by atoms with van der Waals surface area (Å²) in [7, 11) is 4.12. The van der Waals surface area contributed by atoms with E-state index in [-0.39, 0.29) is 5.41 Å². The van der Waals surface area contributed by atoms with E-state index in [0.717, 1.165) is 13.1 Å². The van der Waals surface area contributed by atoms with Crippen LogP contribution in [0.15, 0.2) is 12.4 Å². The predicted molar refractivity (Wildman–Crippen MR) is 67.6 cm³/mol. The molecule has 0 amide bonds. The van der Waals surface area contributed by atoms with Crippen molar-refractivity contribution in [3.8, 4) is 6.07 Å². The molecule has 1 rings (SSSR count). The van der Waals surface area contributed by atoms with E-state index in [1.807, 2.05) is 6.07 Å². The van der Waals surface area contributed by atoms with Gasteiger partial charge in [-0.15, -0.1) is 0 Å². The van der Waals surface area contributed by atoms with Gasteiger partial charge in [0.25, 0.3) is 0 Å². The van der Waals surface area contributed by atoms with Gasteiger partial charge in [-0.3, -0.25) is 0 Å². The van der Waals surface area contributed by atoms with Gasteiger partial charge in [0.2, 0.25) is 0 Å². The Morgan fingerprint density at radius 3 is 2.53 bits per heavy atom. The number of nitriles is 1. The molecule has 1 aromatic heterocycles. The Hall–Kier alpha value is -1.67. The second kappa shape index (κ2) is 5.60. The van der Waals surface area contributed by atoms with E-state index in [1.54, 1.807) is 6.20 Å². The lowest BCUT2D eigenvalue weighted by Gasteiger charge is -2.28. The van der Waals surface area contributed by atoms with Gasteiger partial charge in [-0.25, -0.2) is 9.97 Å². The molecular weight excluding hydrogens is 214 g/mol. The molecule has 0 aliphatic rings. The quantitative estimate of drug-likeness (QED) is 0.831. The highest BCUT2D eigenvalue weighted by atomic mass is 15.1. The molecule has 1 N–H and O–H groups in total. The molecule has 17 heavy (non-hydrogen) atoms. The van der Waals surface area contributed by atoms with Crippen molar-refractivity contribution in [1.29, 1.82) is 5.26 Å². The Morgan fingerprint density at radius 2 is 2.06 bits per heavy atom. The summed E-state index contributed by atoms with van der Waals surface area (Å²) in [4.78, 5) is 10.2. The fourth-order valence-electron chi connectivity index (χ4n) is 1.72. The highest BCUT2D eigenvalue weighted by Gasteiger charge is 2.18. The van der Waals surface area contributed by atoms with Gasteiger partial charge in [-0.2, -0.15) is 5.26 Å². The van der Waals surface area contributed by atoms with Crippen LogP contribution >= 0.6 is 0 Å². The predicted octanol–water partition coefficient (Wildman–Crippen LogP) is 1.35. The van der Waals surface area contributed by atoms with Crippen LogP contribution in [0.4, 0.5) is 5.82 Å². The molecule has 0 saturated heterocycles. The molecule has 5 heteroatoms. The highest BCUT2D eigenvalue weighted by molar-refractivity contribution is 5.33. The Bertz CT molecular complexity index is 388. The molecular formula is C12H19N5. The zero-order valence-corrected chi connectivity index (χ0v) is 10.9. The summed E-state index contributed by atoms with van der Waals surface area (Å²) in [6.07, 6.45) is 3.06. The molecule has 92 valence electrons. The summed E-state index contributed by atoms with van der Waals surface area (Å²) in [5, 5.41) is 11.8. The molecule has 0 unspecified atom stereocenters. The first kappa shape index (κ1) is 13.4. The van der Waals surface area contributed by atoms with Crippen molar-refractivity contribution in [2.75, 3.05) is 32.5 Å². The third-order valence-corrected chi connectivity index (χ3v) is 2.26. The minimum atomic E-state index is 0.152. The summed E-state index contributed by atoms with van der Waals surface area (Å²) in [6, 6.07) is 1.94. The highest BCUT2D eigenvalue weighted by Crippen LogP contribution is 2.16. The van der Waals surface area contributed by atoms with Crippen molar-refractivity contribution >= 4 is 5.82 Å². The zero-order chi connectivity index (χ0) is 12.9. The molecule has 0 saturated carbocycles. The van der Waals surface area contributed by atoms with E-state index in [2.05, 4.69) is 48.1 Å². The standard InChI is InChI=1S/C12H19N5/c1-12(2,9-17(3)4)8-16-11-7-14-10(5-13)6-15-11/h6-7H,8-9H2,1-4H3,(H,15,16). The van der Waals surface area contributed by atoms with Crippen LogP contribution in [0.1, 0.15) is 19.5 Å². The first-order chi connectivity index (χ1) is 7.93. The Balaban J connectivity index is 2.52. The molecule has 0 bridgehead atoms. The van der Waals surface area contributed by atoms with Crippen LogP contribution in [0.25, 0.3) is 0 Å². The molecule has 0 atom stereocenters. The van der Waals surface area contributed by atoms with Crippen LogP contribution in [0, 0.1) is 16.7 Å². The smallest absolute Gasteiger partial charge is 0.158 e. The fraction of sp³-hybridized carbons (Fsp3) is 0.583. The number of nitrogens with one attached hydrogen (secondary N) is 1. The van der Waals surface area contributed by atoms with Gasteiger partial charge in [-0.1, -0.05) is 13.8 Å². The van der Waals surface area contributed by atoms with E-state index in [0.29, 0.717) is 11.5 Å². The third kappa shape index (κ3) is 4.79. The van der Waals surface area contributed by atoms with Crippen LogP contribution in [0.3, 0.4) is 0 Å². The van der Waals surface area contributed by atoms with Gasteiger partial charge < -0.3 is 10.2 Å². The summed E-state index contributed by atoms with van der Waals surface area (Å²) < 4.78 is 0. The lowest BCUT2D eigenvalue weighted by atomic mass is 9.93. The molecule has 0 spiro atoms. The second-order valence-electron chi connectivity index (χ2n) is 5.15. The van der Waals surface area contributed by atoms with Crippen LogP contribution in [-0.2, 0) is 0 Å². The van der Waals surface area contributed by atoms with Gasteiger partial charge in [0.1, 0.15) is 11.9 Å². The maximum atomic E-state index is 8.61. The minimum Gasteiger partial charge on any atom is -0.368 e. The van der Waals surface area contributed by atoms with E-state index < -0.39 is 0 Å². The van der Waals surface area contributed by atoms with Gasteiger partial charge in [0.15, 0.2) is 5.69 Å². The third-order valence-electron chi connectivity index (χ3n) is 2.26. The first-order valence-electron chi connectivity index (χ1n) is 5.54. The summed E-state index contributed by atoms with van der Waals surface area (Å²) in [6.45, 7) is 6.18. The fourth-order valence-corrected chi connectivity index (χ4v) is 1.72. The molecule has 0 aromatic carbocycles. The average Bonchev–Trinajstić information content (AvgIpc) is 2.25. The number of hydrogen-bond acceptors (Lipinski definition) is 5. The Labute approximate surface area is 102 Å². The van der Waals surface area contributed by atoms with Crippen LogP contribution in [0.2, 0.25) is 0 Å². The van der Waals surface area contributed by atoms with Crippen molar-refractivity contribution < 1.29 is 0 Å². The number of rotatable bonds is 5. The molecule has 1 aromatic rings. The van der Waals surface area contributed by atoms with Crippen molar-refractivity contribution in [2.45, 2.75) is 13.8 Å². The van der Waals surface area contributed by atoms with Gasteiger partial charge in [0, 0.05) is 13.1 Å². The number of anilines is 1. The van der Waals surface area contributed by atoms with Crippen LogP contribution < -0.4 is 5.32 Å². The largest absolute Gasteiger partial charge is 0.368 e. The zero-order valence-electron chi connectivity index (χ0n) is 10.9. The van der Waals surface area contributed by atoms with Crippen LogP contribution in [0.5, 0.6) is 0 Å². The lowest BCUT2D eigenvalue weighted by molar-refractivity contribution is 0.254. The summed E-state index contributed by atoms with van der Waals surface area (Å²) >= 11 is 0. The maximum absolute atomic E-state index is 8.61. The first-order valence-corrected chi connectivity index (χ1v) is 5.54. The van der Waals surface area contributed by atoms with E-state index in [1.165, 1.54) is 6.20 Å². The van der Waals surface area contributed by atoms with Crippen molar-refractivity contribution in [3.05, 3.63) is 18.1 Å².